The van der Waals surface area contributed by atoms with E-state index in [4.69, 9.17) is 4.42 Å². The third-order valence-corrected chi connectivity index (χ3v) is 3.32. The van der Waals surface area contributed by atoms with Crippen LogP contribution in [0.1, 0.15) is 56.0 Å². The van der Waals surface area contributed by atoms with E-state index in [1.54, 1.807) is 12.1 Å². The molecule has 5 nitrogen and oxygen atoms in total. The van der Waals surface area contributed by atoms with Crippen molar-refractivity contribution in [3.05, 3.63) is 17.9 Å². The zero-order valence-corrected chi connectivity index (χ0v) is 11.2. The Balaban J connectivity index is 1.91. The van der Waals surface area contributed by atoms with Gasteiger partial charge in [0, 0.05) is 19.0 Å². The normalized spacial score (nSPS) is 16.7. The molecule has 2 amide bonds. The SMILES string of the molecule is CC(=O)Nc1ccc(C(=O)NC2CCCCCC2)o1. The minimum absolute atomic E-state index is 0.205. The first-order valence-electron chi connectivity index (χ1n) is 6.83. The molecular weight excluding hydrogens is 244 g/mol. The van der Waals surface area contributed by atoms with Crippen molar-refractivity contribution >= 4 is 17.7 Å². The molecule has 2 N–H and O–H groups in total. The lowest BCUT2D eigenvalue weighted by Crippen LogP contribution is -2.34. The first kappa shape index (κ1) is 13.6. The quantitative estimate of drug-likeness (QED) is 0.824. The molecule has 1 aliphatic rings. The van der Waals surface area contributed by atoms with E-state index in [2.05, 4.69) is 10.6 Å². The van der Waals surface area contributed by atoms with Crippen LogP contribution < -0.4 is 10.6 Å². The second-order valence-electron chi connectivity index (χ2n) is 5.01. The predicted molar refractivity (Wildman–Crippen MR) is 72.0 cm³/mol. The molecule has 1 saturated carbocycles. The van der Waals surface area contributed by atoms with Gasteiger partial charge < -0.3 is 9.73 Å². The molecule has 0 aliphatic heterocycles. The van der Waals surface area contributed by atoms with Gasteiger partial charge in [0.2, 0.25) is 5.91 Å². The third-order valence-electron chi connectivity index (χ3n) is 3.32. The summed E-state index contributed by atoms with van der Waals surface area (Å²) in [6, 6.07) is 3.41. The highest BCUT2D eigenvalue weighted by molar-refractivity contribution is 5.93. The molecular formula is C14H20N2O3. The molecule has 1 fully saturated rings. The largest absolute Gasteiger partial charge is 0.435 e. The predicted octanol–water partition coefficient (Wildman–Crippen LogP) is 2.69. The van der Waals surface area contributed by atoms with Gasteiger partial charge in [-0.2, -0.15) is 0 Å². The van der Waals surface area contributed by atoms with Crippen LogP contribution in [0.2, 0.25) is 0 Å². The summed E-state index contributed by atoms with van der Waals surface area (Å²) in [7, 11) is 0. The van der Waals surface area contributed by atoms with Gasteiger partial charge in [0.05, 0.1) is 0 Å². The second kappa shape index (κ2) is 6.41. The van der Waals surface area contributed by atoms with E-state index >= 15 is 0 Å². The Morgan fingerprint density at radius 2 is 1.84 bits per heavy atom. The number of carbonyl (C=O) groups excluding carboxylic acids is 2. The average molecular weight is 264 g/mol. The maximum Gasteiger partial charge on any atom is 0.287 e. The summed E-state index contributed by atoms with van der Waals surface area (Å²) in [5.41, 5.74) is 0. The number of carbonyl (C=O) groups is 2. The van der Waals surface area contributed by atoms with Gasteiger partial charge in [-0.25, -0.2) is 0 Å². The molecule has 1 aliphatic carbocycles. The summed E-state index contributed by atoms with van der Waals surface area (Å²) in [6.45, 7) is 1.40. The van der Waals surface area contributed by atoms with E-state index in [-0.39, 0.29) is 23.6 Å². The summed E-state index contributed by atoms with van der Waals surface area (Å²) >= 11 is 0. The van der Waals surface area contributed by atoms with Crippen molar-refractivity contribution < 1.29 is 14.0 Å². The van der Waals surface area contributed by atoms with Gasteiger partial charge in [-0.05, 0) is 18.9 Å². The van der Waals surface area contributed by atoms with E-state index in [1.807, 2.05) is 0 Å². The van der Waals surface area contributed by atoms with Crippen LogP contribution in [0, 0.1) is 0 Å². The molecule has 2 rings (SSSR count). The summed E-state index contributed by atoms with van der Waals surface area (Å²) in [4.78, 5) is 22.9. The van der Waals surface area contributed by atoms with E-state index in [1.165, 1.54) is 32.6 Å². The Labute approximate surface area is 112 Å². The Morgan fingerprint density at radius 3 is 2.47 bits per heavy atom. The molecule has 1 aromatic heterocycles. The number of amides is 2. The smallest absolute Gasteiger partial charge is 0.287 e. The van der Waals surface area contributed by atoms with Crippen molar-refractivity contribution in [1.29, 1.82) is 0 Å². The van der Waals surface area contributed by atoms with Crippen LogP contribution in [0.3, 0.4) is 0 Å². The minimum atomic E-state index is -0.218. The van der Waals surface area contributed by atoms with E-state index in [0.717, 1.165) is 12.8 Å². The number of nitrogens with one attached hydrogen (secondary N) is 2. The zero-order valence-electron chi connectivity index (χ0n) is 11.2. The highest BCUT2D eigenvalue weighted by Gasteiger charge is 2.18. The van der Waals surface area contributed by atoms with Crippen molar-refractivity contribution in [3.63, 3.8) is 0 Å². The number of hydrogen-bond acceptors (Lipinski definition) is 3. The molecule has 1 aromatic rings. The second-order valence-corrected chi connectivity index (χ2v) is 5.01. The maximum absolute atomic E-state index is 12.0. The van der Waals surface area contributed by atoms with Crippen molar-refractivity contribution in [1.82, 2.24) is 5.32 Å². The van der Waals surface area contributed by atoms with Crippen LogP contribution in [-0.2, 0) is 4.79 Å². The Morgan fingerprint density at radius 1 is 1.16 bits per heavy atom. The first-order valence-corrected chi connectivity index (χ1v) is 6.83. The number of furan rings is 1. The first-order chi connectivity index (χ1) is 9.15. The van der Waals surface area contributed by atoms with Gasteiger partial charge >= 0.3 is 0 Å². The molecule has 0 aromatic carbocycles. The van der Waals surface area contributed by atoms with Crippen LogP contribution in [0.25, 0.3) is 0 Å². The summed E-state index contributed by atoms with van der Waals surface area (Å²) in [5.74, 6) is 0.125. The van der Waals surface area contributed by atoms with E-state index < -0.39 is 0 Å². The van der Waals surface area contributed by atoms with Gasteiger partial charge in [0.15, 0.2) is 11.6 Å². The molecule has 0 atom stereocenters. The molecule has 5 heteroatoms. The van der Waals surface area contributed by atoms with Crippen molar-refractivity contribution in [2.45, 2.75) is 51.5 Å². The highest BCUT2D eigenvalue weighted by atomic mass is 16.4. The van der Waals surface area contributed by atoms with Crippen LogP contribution in [0.4, 0.5) is 5.88 Å². The zero-order chi connectivity index (χ0) is 13.7. The summed E-state index contributed by atoms with van der Waals surface area (Å²) in [6.07, 6.45) is 6.90. The molecule has 1 heterocycles. The van der Waals surface area contributed by atoms with Gasteiger partial charge in [-0.15, -0.1) is 0 Å². The monoisotopic (exact) mass is 264 g/mol. The minimum Gasteiger partial charge on any atom is -0.435 e. The molecule has 0 unspecified atom stereocenters. The third kappa shape index (κ3) is 4.12. The Bertz CT molecular complexity index is 445. The van der Waals surface area contributed by atoms with E-state index in [9.17, 15) is 9.59 Å². The molecule has 0 bridgehead atoms. The molecule has 0 saturated heterocycles. The fourth-order valence-electron chi connectivity index (χ4n) is 2.38. The van der Waals surface area contributed by atoms with Crippen LogP contribution in [0.15, 0.2) is 16.5 Å². The highest BCUT2D eigenvalue weighted by Crippen LogP contribution is 2.18. The van der Waals surface area contributed by atoms with Crippen molar-refractivity contribution in [2.75, 3.05) is 5.32 Å². The summed E-state index contributed by atoms with van der Waals surface area (Å²) in [5, 5.41) is 5.50. The number of anilines is 1. The lowest BCUT2D eigenvalue weighted by atomic mass is 10.1. The van der Waals surface area contributed by atoms with Gasteiger partial charge in [-0.1, -0.05) is 25.7 Å². The molecule has 0 radical (unpaired) electrons. The van der Waals surface area contributed by atoms with Crippen molar-refractivity contribution in [2.24, 2.45) is 0 Å². The molecule has 104 valence electrons. The number of rotatable bonds is 3. The molecule has 0 spiro atoms. The average Bonchev–Trinajstić information content (AvgIpc) is 2.66. The van der Waals surface area contributed by atoms with Crippen molar-refractivity contribution in [3.8, 4) is 0 Å². The number of hydrogen-bond donors (Lipinski definition) is 2. The maximum atomic E-state index is 12.0. The lowest BCUT2D eigenvalue weighted by Gasteiger charge is -2.14. The fraction of sp³-hybridized carbons (Fsp3) is 0.571. The standard InChI is InChI=1S/C14H20N2O3/c1-10(17)15-13-9-8-12(19-13)14(18)16-11-6-4-2-3-5-7-11/h8-9,11H,2-7H2,1H3,(H,15,17)(H,16,18). The van der Waals surface area contributed by atoms with Gasteiger partial charge in [-0.3, -0.25) is 14.9 Å². The van der Waals surface area contributed by atoms with Crippen LogP contribution in [0.5, 0.6) is 0 Å². The van der Waals surface area contributed by atoms with Crippen LogP contribution >= 0.6 is 0 Å². The lowest BCUT2D eigenvalue weighted by molar-refractivity contribution is -0.114. The van der Waals surface area contributed by atoms with E-state index in [0.29, 0.717) is 5.88 Å². The summed E-state index contributed by atoms with van der Waals surface area (Å²) < 4.78 is 5.29. The Kier molecular flexibility index (Phi) is 4.60. The topological polar surface area (TPSA) is 71.3 Å². The van der Waals surface area contributed by atoms with Crippen LogP contribution in [-0.4, -0.2) is 17.9 Å². The molecule has 19 heavy (non-hydrogen) atoms. The van der Waals surface area contributed by atoms with Gasteiger partial charge in [0.1, 0.15) is 0 Å². The fourth-order valence-corrected chi connectivity index (χ4v) is 2.38. The Hall–Kier alpha value is -1.78. The van der Waals surface area contributed by atoms with Gasteiger partial charge in [0.25, 0.3) is 5.91 Å².